The van der Waals surface area contributed by atoms with E-state index < -0.39 is 8.32 Å². The summed E-state index contributed by atoms with van der Waals surface area (Å²) in [6.45, 7) is 18.5. The van der Waals surface area contributed by atoms with Crippen molar-refractivity contribution in [3.8, 4) is 0 Å². The molecule has 1 atom stereocenters. The number of hydrogen-bond donors (Lipinski definition) is 0. The first-order chi connectivity index (χ1) is 13.8. The van der Waals surface area contributed by atoms with Crippen molar-refractivity contribution in [2.45, 2.75) is 72.0 Å². The van der Waals surface area contributed by atoms with E-state index in [0.717, 1.165) is 24.2 Å². The van der Waals surface area contributed by atoms with E-state index in [1.54, 1.807) is 6.92 Å². The van der Waals surface area contributed by atoms with Crippen LogP contribution < -0.4 is 0 Å². The van der Waals surface area contributed by atoms with E-state index in [1.807, 2.05) is 13.0 Å². The average molecular weight is 429 g/mol. The molecule has 30 heavy (non-hydrogen) atoms. The normalized spacial score (nSPS) is 20.5. The summed E-state index contributed by atoms with van der Waals surface area (Å²) in [5.74, 6) is 0.555. The van der Waals surface area contributed by atoms with Crippen LogP contribution >= 0.6 is 0 Å². The molecule has 5 heteroatoms. The smallest absolute Gasteiger partial charge is 0.250 e. The minimum absolute atomic E-state index is 0.0493. The molecule has 2 rings (SSSR count). The van der Waals surface area contributed by atoms with Gasteiger partial charge in [-0.3, -0.25) is 9.59 Å². The lowest BCUT2D eigenvalue weighted by Crippen LogP contribution is -2.41. The number of allylic oxidation sites excluding steroid dienone is 7. The Balaban J connectivity index is 2.42. The van der Waals surface area contributed by atoms with Gasteiger partial charge in [0, 0.05) is 29.1 Å². The molecule has 0 N–H and O–H groups in total. The molecule has 0 unspecified atom stereocenters. The summed E-state index contributed by atoms with van der Waals surface area (Å²) in [5, 5.41) is 0.0493. The Hall–Kier alpha value is -2.14. The minimum atomic E-state index is -2.06. The predicted octanol–water partition coefficient (Wildman–Crippen LogP) is 6.19. The lowest BCUT2D eigenvalue weighted by molar-refractivity contribution is -0.119. The molecule has 0 bridgehead atoms. The molecular weight excluding hydrogens is 392 g/mol. The van der Waals surface area contributed by atoms with Crippen LogP contribution in [0.25, 0.3) is 0 Å². The highest BCUT2D eigenvalue weighted by atomic mass is 28.4. The zero-order valence-electron chi connectivity index (χ0n) is 19.8. The standard InChI is InChI=1S/C25H36O4Si/c1-16(2)12-10-11-13-18-14-19(29-30(8,9)25(4,5)6)15-20-21(18)23(27)24(28-7)17(3)22(20)26/h10,12,14,18H,1,11,13,15H2,2-9H3/b12-10+/t18-/m0/s1. The van der Waals surface area contributed by atoms with Gasteiger partial charge in [-0.05, 0) is 50.9 Å². The van der Waals surface area contributed by atoms with Crippen LogP contribution in [0.2, 0.25) is 18.1 Å². The van der Waals surface area contributed by atoms with E-state index in [0.29, 0.717) is 23.1 Å². The third-order valence-corrected chi connectivity index (χ3v) is 10.7. The zero-order valence-corrected chi connectivity index (χ0v) is 20.8. The predicted molar refractivity (Wildman–Crippen MR) is 124 cm³/mol. The van der Waals surface area contributed by atoms with E-state index in [9.17, 15) is 9.59 Å². The molecule has 0 radical (unpaired) electrons. The Bertz CT molecular complexity index is 875. The van der Waals surface area contributed by atoms with Gasteiger partial charge < -0.3 is 9.16 Å². The Kier molecular flexibility index (Phi) is 7.18. The zero-order chi connectivity index (χ0) is 22.9. The molecule has 0 aromatic heterocycles. The molecular formula is C25H36O4Si. The number of carbonyl (C=O) groups excluding carboxylic acids is 2. The van der Waals surface area contributed by atoms with E-state index in [-0.39, 0.29) is 28.3 Å². The van der Waals surface area contributed by atoms with Gasteiger partial charge in [-0.25, -0.2) is 0 Å². The molecule has 0 saturated heterocycles. The third kappa shape index (κ3) is 4.94. The van der Waals surface area contributed by atoms with Crippen molar-refractivity contribution in [3.63, 3.8) is 0 Å². The van der Waals surface area contributed by atoms with Gasteiger partial charge in [-0.1, -0.05) is 45.1 Å². The highest BCUT2D eigenvalue weighted by molar-refractivity contribution is 6.74. The molecule has 0 aromatic carbocycles. The molecule has 0 fully saturated rings. The molecule has 0 spiro atoms. The second-order valence-corrected chi connectivity index (χ2v) is 14.5. The molecule has 0 aliphatic heterocycles. The lowest BCUT2D eigenvalue weighted by atomic mass is 9.75. The number of hydrogen-bond acceptors (Lipinski definition) is 4. The highest BCUT2D eigenvalue weighted by Crippen LogP contribution is 2.43. The van der Waals surface area contributed by atoms with Crippen molar-refractivity contribution in [1.82, 2.24) is 0 Å². The fourth-order valence-electron chi connectivity index (χ4n) is 3.57. The molecule has 0 aromatic rings. The SMILES string of the molecule is C=C(C)/C=C/CC[C@H]1C=C(O[Si](C)(C)C(C)(C)C)CC2=C1C(=O)C(OC)=C(C)C2=O. The quantitative estimate of drug-likeness (QED) is 0.275. The molecule has 2 aliphatic rings. The lowest BCUT2D eigenvalue weighted by Gasteiger charge is -2.39. The highest BCUT2D eigenvalue weighted by Gasteiger charge is 2.43. The van der Waals surface area contributed by atoms with E-state index >= 15 is 0 Å². The van der Waals surface area contributed by atoms with Crippen LogP contribution in [0, 0.1) is 5.92 Å². The van der Waals surface area contributed by atoms with Gasteiger partial charge in [-0.15, -0.1) is 0 Å². The molecule has 164 valence electrons. The van der Waals surface area contributed by atoms with Crippen LogP contribution in [0.3, 0.4) is 0 Å². The molecule has 0 saturated carbocycles. The van der Waals surface area contributed by atoms with Crippen LogP contribution in [0.15, 0.2) is 58.6 Å². The van der Waals surface area contributed by atoms with E-state index in [2.05, 4.69) is 52.6 Å². The van der Waals surface area contributed by atoms with E-state index in [4.69, 9.17) is 9.16 Å². The van der Waals surface area contributed by atoms with Crippen LogP contribution in [-0.4, -0.2) is 27.0 Å². The number of ether oxygens (including phenoxy) is 1. The maximum absolute atomic E-state index is 13.2. The number of methoxy groups -OCH3 is 1. The number of ketones is 2. The summed E-state index contributed by atoms with van der Waals surface area (Å²) in [4.78, 5) is 26.3. The van der Waals surface area contributed by atoms with Crippen molar-refractivity contribution in [1.29, 1.82) is 0 Å². The van der Waals surface area contributed by atoms with Crippen molar-refractivity contribution in [2.75, 3.05) is 7.11 Å². The first-order valence-corrected chi connectivity index (χ1v) is 13.5. The van der Waals surface area contributed by atoms with Crippen molar-refractivity contribution in [2.24, 2.45) is 5.92 Å². The summed E-state index contributed by atoms with van der Waals surface area (Å²) in [5.41, 5.74) is 2.52. The first kappa shape index (κ1) is 24.1. The third-order valence-electron chi connectivity index (χ3n) is 6.28. The minimum Gasteiger partial charge on any atom is -0.546 e. The molecule has 4 nitrogen and oxygen atoms in total. The van der Waals surface area contributed by atoms with Gasteiger partial charge in [0.1, 0.15) is 0 Å². The fourth-order valence-corrected chi connectivity index (χ4v) is 4.68. The van der Waals surface area contributed by atoms with Gasteiger partial charge in [-0.2, -0.15) is 0 Å². The number of carbonyl (C=O) groups is 2. The van der Waals surface area contributed by atoms with Gasteiger partial charge in [0.05, 0.1) is 12.9 Å². The monoisotopic (exact) mass is 428 g/mol. The van der Waals surface area contributed by atoms with Crippen molar-refractivity contribution < 1.29 is 18.8 Å². The summed E-state index contributed by atoms with van der Waals surface area (Å²) in [7, 11) is -0.608. The summed E-state index contributed by atoms with van der Waals surface area (Å²) in [6, 6.07) is 0. The van der Waals surface area contributed by atoms with Crippen molar-refractivity contribution in [3.05, 3.63) is 58.6 Å². The van der Waals surface area contributed by atoms with Crippen LogP contribution in [0.5, 0.6) is 0 Å². The first-order valence-electron chi connectivity index (χ1n) is 10.6. The number of rotatable bonds is 7. The summed E-state index contributed by atoms with van der Waals surface area (Å²) >= 11 is 0. The average Bonchev–Trinajstić information content (AvgIpc) is 2.62. The van der Waals surface area contributed by atoms with Gasteiger partial charge in [0.25, 0.3) is 0 Å². The largest absolute Gasteiger partial charge is 0.546 e. The Morgan fingerprint density at radius 3 is 2.43 bits per heavy atom. The molecule has 0 amide bonds. The Morgan fingerprint density at radius 2 is 1.90 bits per heavy atom. The van der Waals surface area contributed by atoms with Gasteiger partial charge >= 0.3 is 0 Å². The van der Waals surface area contributed by atoms with Gasteiger partial charge in [0.2, 0.25) is 14.1 Å². The second-order valence-electron chi connectivity index (χ2n) is 9.81. The Morgan fingerprint density at radius 1 is 1.27 bits per heavy atom. The molecule has 0 heterocycles. The number of Topliss-reactive ketones (excluding diaryl/α,β-unsaturated/α-hetero) is 2. The summed E-state index contributed by atoms with van der Waals surface area (Å²) in [6.07, 6.45) is 7.98. The fraction of sp³-hybridized carbons (Fsp3) is 0.520. The van der Waals surface area contributed by atoms with Crippen LogP contribution in [0.1, 0.15) is 53.9 Å². The maximum atomic E-state index is 13.2. The Labute approximate surface area is 182 Å². The second kappa shape index (κ2) is 8.92. The van der Waals surface area contributed by atoms with Crippen molar-refractivity contribution >= 4 is 19.9 Å². The topological polar surface area (TPSA) is 52.6 Å². The van der Waals surface area contributed by atoms with Crippen LogP contribution in [0.4, 0.5) is 0 Å². The van der Waals surface area contributed by atoms with Gasteiger partial charge in [0.15, 0.2) is 11.5 Å². The maximum Gasteiger partial charge on any atom is 0.250 e. The summed E-state index contributed by atoms with van der Waals surface area (Å²) < 4.78 is 11.9. The van der Waals surface area contributed by atoms with Crippen LogP contribution in [-0.2, 0) is 18.8 Å². The molecule has 2 aliphatic carbocycles. The van der Waals surface area contributed by atoms with E-state index in [1.165, 1.54) is 7.11 Å².